The summed E-state index contributed by atoms with van der Waals surface area (Å²) >= 11 is 0. The van der Waals surface area contributed by atoms with E-state index in [1.54, 1.807) is 11.8 Å². The van der Waals surface area contributed by atoms with E-state index in [1.807, 2.05) is 80.6 Å². The molecule has 0 spiro atoms. The van der Waals surface area contributed by atoms with E-state index in [9.17, 15) is 14.4 Å². The predicted octanol–water partition coefficient (Wildman–Crippen LogP) is 3.97. The number of carbonyl (C=O) groups is 3. The highest BCUT2D eigenvalue weighted by atomic mass is 16.2. The Morgan fingerprint density at radius 3 is 2.42 bits per heavy atom. The zero-order valence-corrected chi connectivity index (χ0v) is 17.9. The molecule has 1 fully saturated rings. The van der Waals surface area contributed by atoms with Gasteiger partial charge in [0.15, 0.2) is 0 Å². The van der Waals surface area contributed by atoms with Crippen molar-refractivity contribution in [3.05, 3.63) is 77.9 Å². The van der Waals surface area contributed by atoms with Crippen molar-refractivity contribution < 1.29 is 14.4 Å². The molecule has 1 atom stereocenters. The van der Waals surface area contributed by atoms with E-state index in [0.717, 1.165) is 26.9 Å². The van der Waals surface area contributed by atoms with Crippen LogP contribution >= 0.6 is 0 Å². The number of rotatable bonds is 5. The fraction of sp³-hybridized carbons (Fsp3) is 0.240. The smallest absolute Gasteiger partial charge is 0.319 e. The van der Waals surface area contributed by atoms with Crippen molar-refractivity contribution >= 4 is 34.3 Å². The van der Waals surface area contributed by atoms with Crippen LogP contribution in [0.4, 0.5) is 10.5 Å². The number of aryl methyl sites for hydroxylation is 1. The van der Waals surface area contributed by atoms with Crippen molar-refractivity contribution in [1.29, 1.82) is 0 Å². The molecular formula is C25H25N3O3. The summed E-state index contributed by atoms with van der Waals surface area (Å²) in [4.78, 5) is 41.9. The molecule has 0 bridgehead atoms. The van der Waals surface area contributed by atoms with Crippen LogP contribution in [0.5, 0.6) is 0 Å². The van der Waals surface area contributed by atoms with Crippen molar-refractivity contribution in [2.75, 3.05) is 18.0 Å². The number of fused-ring (bicyclic) bond motifs is 1. The number of para-hydroxylation sites is 1. The van der Waals surface area contributed by atoms with Crippen LogP contribution in [-0.4, -0.2) is 35.8 Å². The first kappa shape index (κ1) is 20.6. The zero-order valence-electron chi connectivity index (χ0n) is 17.9. The van der Waals surface area contributed by atoms with Gasteiger partial charge in [0.1, 0.15) is 12.1 Å². The van der Waals surface area contributed by atoms with Crippen LogP contribution in [0, 0.1) is 6.92 Å². The number of nitrogens with zero attached hydrogens (tertiary/aromatic N) is 2. The maximum Gasteiger partial charge on any atom is 0.325 e. The molecule has 1 N–H and O–H groups in total. The third-order valence-corrected chi connectivity index (χ3v) is 5.92. The summed E-state index contributed by atoms with van der Waals surface area (Å²) in [5, 5.41) is 4.69. The van der Waals surface area contributed by atoms with E-state index < -0.39 is 17.5 Å². The Bertz CT molecular complexity index is 1180. The lowest BCUT2D eigenvalue weighted by molar-refractivity contribution is -0.134. The van der Waals surface area contributed by atoms with Crippen molar-refractivity contribution in [3.8, 4) is 0 Å². The molecule has 3 aromatic rings. The Kier molecular flexibility index (Phi) is 5.23. The Labute approximate surface area is 181 Å². The molecule has 4 rings (SSSR count). The quantitative estimate of drug-likeness (QED) is 0.641. The first-order valence-electron chi connectivity index (χ1n) is 10.3. The van der Waals surface area contributed by atoms with E-state index in [0.29, 0.717) is 12.1 Å². The highest BCUT2D eigenvalue weighted by Gasteiger charge is 2.50. The second-order valence-corrected chi connectivity index (χ2v) is 7.90. The molecule has 1 aliphatic heterocycles. The second-order valence-electron chi connectivity index (χ2n) is 7.90. The number of imide groups is 1. The maximum absolute atomic E-state index is 13.4. The van der Waals surface area contributed by atoms with Gasteiger partial charge in [-0.1, -0.05) is 60.7 Å². The number of hydrogen-bond donors (Lipinski definition) is 1. The van der Waals surface area contributed by atoms with Gasteiger partial charge in [-0.25, -0.2) is 4.79 Å². The number of amides is 4. The van der Waals surface area contributed by atoms with Gasteiger partial charge in [0.05, 0.1) is 0 Å². The summed E-state index contributed by atoms with van der Waals surface area (Å²) in [5.74, 6) is -0.731. The van der Waals surface area contributed by atoms with E-state index in [1.165, 1.54) is 0 Å². The SMILES string of the molecule is CCN(C(=O)CN1C(=O)NC(C)(c2cccc3ccccc23)C1=O)c1ccccc1C. The molecule has 1 heterocycles. The van der Waals surface area contributed by atoms with Gasteiger partial charge in [-0.15, -0.1) is 0 Å². The van der Waals surface area contributed by atoms with Gasteiger partial charge < -0.3 is 10.2 Å². The lowest BCUT2D eigenvalue weighted by Crippen LogP contribution is -2.45. The first-order chi connectivity index (χ1) is 14.9. The number of carbonyl (C=O) groups excluding carboxylic acids is 3. The summed E-state index contributed by atoms with van der Waals surface area (Å²) in [7, 11) is 0. The highest BCUT2D eigenvalue weighted by molar-refractivity contribution is 6.12. The zero-order chi connectivity index (χ0) is 22.2. The van der Waals surface area contributed by atoms with Crippen molar-refractivity contribution in [1.82, 2.24) is 10.2 Å². The molecule has 1 unspecified atom stereocenters. The second kappa shape index (κ2) is 7.87. The van der Waals surface area contributed by atoms with Crippen LogP contribution in [0.25, 0.3) is 10.8 Å². The summed E-state index contributed by atoms with van der Waals surface area (Å²) in [5.41, 5.74) is 1.21. The number of anilines is 1. The standard InChI is InChI=1S/C25H25N3O3/c1-4-27(21-15-8-5-10-17(21)2)22(29)16-28-23(30)25(3,26-24(28)31)20-14-9-12-18-11-6-7-13-19(18)20/h5-15H,4,16H2,1-3H3,(H,26,31). The van der Waals surface area contributed by atoms with Gasteiger partial charge in [0.25, 0.3) is 5.91 Å². The van der Waals surface area contributed by atoms with E-state index in [-0.39, 0.29) is 12.5 Å². The van der Waals surface area contributed by atoms with E-state index in [4.69, 9.17) is 0 Å². The van der Waals surface area contributed by atoms with Gasteiger partial charge >= 0.3 is 6.03 Å². The summed E-state index contributed by atoms with van der Waals surface area (Å²) in [6.45, 7) is 5.62. The van der Waals surface area contributed by atoms with Crippen LogP contribution in [0.1, 0.15) is 25.0 Å². The molecule has 6 heteroatoms. The Morgan fingerprint density at radius 1 is 1.00 bits per heavy atom. The first-order valence-corrected chi connectivity index (χ1v) is 10.3. The number of nitrogens with one attached hydrogen (secondary N) is 1. The van der Waals surface area contributed by atoms with Crippen molar-refractivity contribution in [3.63, 3.8) is 0 Å². The van der Waals surface area contributed by atoms with Crippen LogP contribution in [0.2, 0.25) is 0 Å². The maximum atomic E-state index is 13.4. The summed E-state index contributed by atoms with van der Waals surface area (Å²) in [6, 6.07) is 20.4. The molecule has 0 radical (unpaired) electrons. The minimum atomic E-state index is -1.24. The molecule has 0 saturated carbocycles. The van der Waals surface area contributed by atoms with Crippen LogP contribution in [0.15, 0.2) is 66.7 Å². The molecule has 158 valence electrons. The average Bonchev–Trinajstić information content (AvgIpc) is 2.99. The van der Waals surface area contributed by atoms with Crippen molar-refractivity contribution in [2.24, 2.45) is 0 Å². The normalized spacial score (nSPS) is 18.4. The minimum absolute atomic E-state index is 0.303. The molecule has 3 aromatic carbocycles. The Morgan fingerprint density at radius 2 is 1.68 bits per heavy atom. The molecule has 1 aliphatic rings. The highest BCUT2D eigenvalue weighted by Crippen LogP contribution is 2.34. The number of likely N-dealkylation sites (N-methyl/N-ethyl adjacent to an activating group) is 1. The van der Waals surface area contributed by atoms with Gasteiger partial charge in [0.2, 0.25) is 5.91 Å². The van der Waals surface area contributed by atoms with Gasteiger partial charge in [-0.05, 0) is 48.7 Å². The Hall–Kier alpha value is -3.67. The number of urea groups is 1. The van der Waals surface area contributed by atoms with Crippen LogP contribution < -0.4 is 10.2 Å². The van der Waals surface area contributed by atoms with E-state index >= 15 is 0 Å². The van der Waals surface area contributed by atoms with Gasteiger partial charge in [0, 0.05) is 12.2 Å². The van der Waals surface area contributed by atoms with Gasteiger partial charge in [-0.3, -0.25) is 14.5 Å². The Balaban J connectivity index is 1.64. The third kappa shape index (κ3) is 3.44. The lowest BCUT2D eigenvalue weighted by Gasteiger charge is -2.26. The molecule has 31 heavy (non-hydrogen) atoms. The van der Waals surface area contributed by atoms with Crippen LogP contribution in [0.3, 0.4) is 0 Å². The monoisotopic (exact) mass is 415 g/mol. The third-order valence-electron chi connectivity index (χ3n) is 5.92. The lowest BCUT2D eigenvalue weighted by atomic mass is 9.88. The largest absolute Gasteiger partial charge is 0.325 e. The van der Waals surface area contributed by atoms with Crippen LogP contribution in [-0.2, 0) is 15.1 Å². The summed E-state index contributed by atoms with van der Waals surface area (Å²) in [6.07, 6.45) is 0. The molecular weight excluding hydrogens is 390 g/mol. The topological polar surface area (TPSA) is 69.7 Å². The molecule has 6 nitrogen and oxygen atoms in total. The van der Waals surface area contributed by atoms with Gasteiger partial charge in [-0.2, -0.15) is 0 Å². The molecule has 0 aromatic heterocycles. The fourth-order valence-electron chi connectivity index (χ4n) is 4.25. The molecule has 0 aliphatic carbocycles. The fourth-order valence-corrected chi connectivity index (χ4v) is 4.25. The number of benzene rings is 3. The molecule has 1 saturated heterocycles. The number of hydrogen-bond acceptors (Lipinski definition) is 3. The molecule has 4 amide bonds. The average molecular weight is 415 g/mol. The summed E-state index contributed by atoms with van der Waals surface area (Å²) < 4.78 is 0. The van der Waals surface area contributed by atoms with E-state index in [2.05, 4.69) is 5.32 Å². The van der Waals surface area contributed by atoms with Crippen molar-refractivity contribution in [2.45, 2.75) is 26.3 Å². The minimum Gasteiger partial charge on any atom is -0.319 e. The predicted molar refractivity (Wildman–Crippen MR) is 121 cm³/mol.